The van der Waals surface area contributed by atoms with Crippen LogP contribution in [0.15, 0.2) is 47.1 Å². The van der Waals surface area contributed by atoms with E-state index in [0.29, 0.717) is 36.2 Å². The van der Waals surface area contributed by atoms with Crippen LogP contribution in [-0.4, -0.2) is 52.8 Å². The number of nitrogens with zero attached hydrogens (tertiary/aromatic N) is 3. The summed E-state index contributed by atoms with van der Waals surface area (Å²) in [7, 11) is 0. The number of amides is 2. The van der Waals surface area contributed by atoms with Gasteiger partial charge in [0, 0.05) is 48.1 Å². The van der Waals surface area contributed by atoms with Crippen LogP contribution in [-0.2, 0) is 11.2 Å². The Balaban J connectivity index is 1.58. The van der Waals surface area contributed by atoms with Gasteiger partial charge in [-0.25, -0.2) is 4.39 Å². The summed E-state index contributed by atoms with van der Waals surface area (Å²) < 4.78 is 14.0. The number of pyridine rings is 1. The maximum atomic E-state index is 13.5. The van der Waals surface area contributed by atoms with E-state index in [1.165, 1.54) is 12.1 Å². The van der Waals surface area contributed by atoms with Gasteiger partial charge in [-0.1, -0.05) is 22.0 Å². The quantitative estimate of drug-likeness (QED) is 0.788. The van der Waals surface area contributed by atoms with Gasteiger partial charge in [-0.3, -0.25) is 14.6 Å². The molecule has 0 saturated carbocycles. The van der Waals surface area contributed by atoms with Crippen LogP contribution in [0.25, 0.3) is 0 Å². The summed E-state index contributed by atoms with van der Waals surface area (Å²) >= 11 is 3.20. The molecule has 1 aliphatic heterocycles. The van der Waals surface area contributed by atoms with Gasteiger partial charge in [-0.05, 0) is 30.3 Å². The van der Waals surface area contributed by atoms with E-state index in [1.54, 1.807) is 22.1 Å². The summed E-state index contributed by atoms with van der Waals surface area (Å²) in [5.74, 6) is -0.682. The van der Waals surface area contributed by atoms with Crippen molar-refractivity contribution in [3.63, 3.8) is 0 Å². The summed E-state index contributed by atoms with van der Waals surface area (Å²) in [4.78, 5) is 32.4. The fourth-order valence-corrected chi connectivity index (χ4v) is 3.25. The van der Waals surface area contributed by atoms with Gasteiger partial charge >= 0.3 is 0 Å². The van der Waals surface area contributed by atoms with Crippen molar-refractivity contribution in [1.29, 1.82) is 0 Å². The Morgan fingerprint density at radius 1 is 1.08 bits per heavy atom. The molecule has 2 amide bonds. The van der Waals surface area contributed by atoms with Crippen molar-refractivity contribution in [3.05, 3.63) is 64.1 Å². The number of aromatic nitrogens is 1. The normalized spacial score (nSPS) is 14.5. The molecule has 1 aliphatic rings. The first-order chi connectivity index (χ1) is 12.0. The van der Waals surface area contributed by atoms with Crippen molar-refractivity contribution in [2.24, 2.45) is 0 Å². The van der Waals surface area contributed by atoms with Gasteiger partial charge in [0.05, 0.1) is 6.42 Å². The van der Waals surface area contributed by atoms with Gasteiger partial charge < -0.3 is 9.80 Å². The van der Waals surface area contributed by atoms with Crippen LogP contribution in [0.3, 0.4) is 0 Å². The predicted octanol–water partition coefficient (Wildman–Crippen LogP) is 2.51. The van der Waals surface area contributed by atoms with Crippen LogP contribution >= 0.6 is 15.9 Å². The summed E-state index contributed by atoms with van der Waals surface area (Å²) in [6, 6.07) is 9.62. The average molecular weight is 406 g/mol. The van der Waals surface area contributed by atoms with Crippen LogP contribution in [0, 0.1) is 5.82 Å². The van der Waals surface area contributed by atoms with E-state index in [1.807, 2.05) is 18.2 Å². The zero-order valence-corrected chi connectivity index (χ0v) is 15.1. The molecule has 1 fully saturated rings. The number of benzene rings is 1. The number of piperazine rings is 1. The highest BCUT2D eigenvalue weighted by Gasteiger charge is 2.25. The molecule has 1 saturated heterocycles. The Morgan fingerprint density at radius 3 is 2.44 bits per heavy atom. The molecule has 7 heteroatoms. The van der Waals surface area contributed by atoms with E-state index in [4.69, 9.17) is 0 Å². The first kappa shape index (κ1) is 17.5. The topological polar surface area (TPSA) is 53.5 Å². The maximum absolute atomic E-state index is 13.5. The van der Waals surface area contributed by atoms with E-state index in [9.17, 15) is 14.0 Å². The van der Waals surface area contributed by atoms with Crippen molar-refractivity contribution < 1.29 is 14.0 Å². The second kappa shape index (κ2) is 7.74. The molecule has 0 radical (unpaired) electrons. The van der Waals surface area contributed by atoms with Crippen molar-refractivity contribution >= 4 is 27.7 Å². The van der Waals surface area contributed by atoms with Gasteiger partial charge in [0.15, 0.2) is 0 Å². The number of carbonyl (C=O) groups is 2. The summed E-state index contributed by atoms with van der Waals surface area (Å²) in [5, 5.41) is 0. The minimum absolute atomic E-state index is 0.000649. The standard InChI is InChI=1S/C18H17BrFN3O2/c19-14-9-13(10-15(20)11-14)18(25)23-7-5-22(6-8-23)17(24)12-16-3-1-2-4-21-16/h1-4,9-11H,5-8,12H2. The second-order valence-corrected chi connectivity index (χ2v) is 6.74. The Kier molecular flexibility index (Phi) is 5.43. The molecule has 0 aliphatic carbocycles. The average Bonchev–Trinajstić information content (AvgIpc) is 2.61. The molecule has 5 nitrogen and oxygen atoms in total. The Hall–Kier alpha value is -2.28. The molecule has 1 aromatic heterocycles. The third kappa shape index (κ3) is 4.42. The van der Waals surface area contributed by atoms with Gasteiger partial charge in [0.1, 0.15) is 5.82 Å². The van der Waals surface area contributed by atoms with Crippen LogP contribution in [0.1, 0.15) is 16.1 Å². The van der Waals surface area contributed by atoms with E-state index in [-0.39, 0.29) is 18.2 Å². The molecule has 0 atom stereocenters. The van der Waals surface area contributed by atoms with Gasteiger partial charge in [-0.2, -0.15) is 0 Å². The van der Waals surface area contributed by atoms with Crippen LogP contribution in [0.5, 0.6) is 0 Å². The Labute approximate surface area is 153 Å². The first-order valence-electron chi connectivity index (χ1n) is 7.96. The molecule has 1 aromatic carbocycles. The largest absolute Gasteiger partial charge is 0.339 e. The fourth-order valence-electron chi connectivity index (χ4n) is 2.79. The molecule has 0 bridgehead atoms. The SMILES string of the molecule is O=C(Cc1ccccn1)N1CCN(C(=O)c2cc(F)cc(Br)c2)CC1. The number of halogens is 2. The number of hydrogen-bond acceptors (Lipinski definition) is 3. The Bertz CT molecular complexity index is 757. The van der Waals surface area contributed by atoms with Crippen molar-refractivity contribution in [2.75, 3.05) is 26.2 Å². The van der Waals surface area contributed by atoms with Crippen molar-refractivity contribution in [1.82, 2.24) is 14.8 Å². The molecular formula is C18H17BrFN3O2. The van der Waals surface area contributed by atoms with E-state index >= 15 is 0 Å². The smallest absolute Gasteiger partial charge is 0.254 e. The summed E-state index contributed by atoms with van der Waals surface area (Å²) in [6.07, 6.45) is 1.92. The highest BCUT2D eigenvalue weighted by atomic mass is 79.9. The van der Waals surface area contributed by atoms with Gasteiger partial charge in [0.2, 0.25) is 5.91 Å². The van der Waals surface area contributed by atoms with Gasteiger partial charge in [0.25, 0.3) is 5.91 Å². The predicted molar refractivity (Wildman–Crippen MR) is 94.5 cm³/mol. The lowest BCUT2D eigenvalue weighted by Crippen LogP contribution is -2.51. The van der Waals surface area contributed by atoms with E-state index in [2.05, 4.69) is 20.9 Å². The molecular weight excluding hydrogens is 389 g/mol. The lowest BCUT2D eigenvalue weighted by Gasteiger charge is -2.34. The number of rotatable bonds is 3. The first-order valence-corrected chi connectivity index (χ1v) is 8.75. The highest BCUT2D eigenvalue weighted by Crippen LogP contribution is 2.17. The highest BCUT2D eigenvalue weighted by molar-refractivity contribution is 9.10. The zero-order chi connectivity index (χ0) is 17.8. The molecule has 0 unspecified atom stereocenters. The maximum Gasteiger partial charge on any atom is 0.254 e. The number of hydrogen-bond donors (Lipinski definition) is 0. The lowest BCUT2D eigenvalue weighted by atomic mass is 10.1. The summed E-state index contributed by atoms with van der Waals surface area (Å²) in [5.41, 5.74) is 1.04. The lowest BCUT2D eigenvalue weighted by molar-refractivity contribution is -0.132. The minimum Gasteiger partial charge on any atom is -0.339 e. The molecule has 0 N–H and O–H groups in total. The third-order valence-electron chi connectivity index (χ3n) is 4.09. The molecule has 0 spiro atoms. The van der Waals surface area contributed by atoms with E-state index in [0.717, 1.165) is 5.69 Å². The van der Waals surface area contributed by atoms with Crippen LogP contribution < -0.4 is 0 Å². The van der Waals surface area contributed by atoms with Crippen molar-refractivity contribution in [2.45, 2.75) is 6.42 Å². The third-order valence-corrected chi connectivity index (χ3v) is 4.55. The minimum atomic E-state index is -0.457. The van der Waals surface area contributed by atoms with Crippen LogP contribution in [0.2, 0.25) is 0 Å². The van der Waals surface area contributed by atoms with Crippen LogP contribution in [0.4, 0.5) is 4.39 Å². The molecule has 3 rings (SSSR count). The Morgan fingerprint density at radius 2 is 1.80 bits per heavy atom. The molecule has 2 aromatic rings. The summed E-state index contributed by atoms with van der Waals surface area (Å²) in [6.45, 7) is 1.80. The van der Waals surface area contributed by atoms with Crippen molar-refractivity contribution in [3.8, 4) is 0 Å². The van der Waals surface area contributed by atoms with Gasteiger partial charge in [-0.15, -0.1) is 0 Å². The van der Waals surface area contributed by atoms with E-state index < -0.39 is 5.82 Å². The monoisotopic (exact) mass is 405 g/mol. The second-order valence-electron chi connectivity index (χ2n) is 5.83. The zero-order valence-electron chi connectivity index (χ0n) is 13.5. The fraction of sp³-hybridized carbons (Fsp3) is 0.278. The molecule has 130 valence electrons. The molecule has 2 heterocycles. The number of carbonyl (C=O) groups excluding carboxylic acids is 2. The molecule has 25 heavy (non-hydrogen) atoms.